The number of nitrogens with zero attached hydrogens (tertiary/aromatic N) is 1. The molecular formula is C21H25NO5. The van der Waals surface area contributed by atoms with Gasteiger partial charge in [0.25, 0.3) is 0 Å². The summed E-state index contributed by atoms with van der Waals surface area (Å²) in [6.07, 6.45) is 0.456. The van der Waals surface area contributed by atoms with Crippen LogP contribution in [0.2, 0.25) is 0 Å². The van der Waals surface area contributed by atoms with Crippen LogP contribution >= 0.6 is 0 Å². The van der Waals surface area contributed by atoms with Crippen molar-refractivity contribution in [3.8, 4) is 17.2 Å². The topological polar surface area (TPSA) is 57.2 Å². The maximum Gasteiger partial charge on any atom is 0.240 e. The molecule has 1 heterocycles. The van der Waals surface area contributed by atoms with Gasteiger partial charge in [0.1, 0.15) is 5.41 Å². The molecule has 0 radical (unpaired) electrons. The standard InChI is InChI=1S/C21H25NO5/c1-22-16-9-7-6-8-15(16)21(13-24-2,20(22)23)12-14-10-17(25-3)19(27-5)18(11-14)26-4/h6-11H,12-13H2,1-5H3/t21-/m0/s1. The number of likely N-dealkylation sites (N-methyl/N-ethyl adjacent to an activating group) is 1. The van der Waals surface area contributed by atoms with E-state index in [0.29, 0.717) is 23.7 Å². The first-order valence-electron chi connectivity index (χ1n) is 8.68. The van der Waals surface area contributed by atoms with Crippen molar-refractivity contribution in [1.29, 1.82) is 0 Å². The quantitative estimate of drug-likeness (QED) is 0.749. The van der Waals surface area contributed by atoms with E-state index < -0.39 is 5.41 Å². The van der Waals surface area contributed by atoms with Crippen molar-refractivity contribution < 1.29 is 23.7 Å². The van der Waals surface area contributed by atoms with Crippen molar-refractivity contribution in [2.45, 2.75) is 11.8 Å². The number of carbonyl (C=O) groups is 1. The summed E-state index contributed by atoms with van der Waals surface area (Å²) in [5.41, 5.74) is 1.98. The number of para-hydroxylation sites is 1. The van der Waals surface area contributed by atoms with E-state index in [-0.39, 0.29) is 12.5 Å². The molecule has 1 aliphatic rings. The average molecular weight is 371 g/mol. The molecule has 0 N–H and O–H groups in total. The summed E-state index contributed by atoms with van der Waals surface area (Å²) >= 11 is 0. The van der Waals surface area contributed by atoms with Gasteiger partial charge in [-0.1, -0.05) is 18.2 Å². The van der Waals surface area contributed by atoms with Gasteiger partial charge < -0.3 is 23.8 Å². The number of benzene rings is 2. The summed E-state index contributed by atoms with van der Waals surface area (Å²) < 4.78 is 21.8. The number of carbonyl (C=O) groups excluding carboxylic acids is 1. The van der Waals surface area contributed by atoms with Crippen molar-refractivity contribution >= 4 is 11.6 Å². The first-order chi connectivity index (χ1) is 13.0. The van der Waals surface area contributed by atoms with Crippen molar-refractivity contribution in [3.05, 3.63) is 47.5 Å². The van der Waals surface area contributed by atoms with E-state index in [4.69, 9.17) is 18.9 Å². The van der Waals surface area contributed by atoms with Crippen LogP contribution in [0.5, 0.6) is 17.2 Å². The largest absolute Gasteiger partial charge is 0.493 e. The highest BCUT2D eigenvalue weighted by Crippen LogP contribution is 2.45. The Morgan fingerprint density at radius 2 is 1.59 bits per heavy atom. The van der Waals surface area contributed by atoms with Crippen LogP contribution in [0.15, 0.2) is 36.4 Å². The molecule has 6 heteroatoms. The van der Waals surface area contributed by atoms with Crippen molar-refractivity contribution in [2.75, 3.05) is 47.0 Å². The van der Waals surface area contributed by atoms with Crippen molar-refractivity contribution in [2.24, 2.45) is 0 Å². The molecule has 2 aromatic carbocycles. The monoisotopic (exact) mass is 371 g/mol. The number of rotatable bonds is 7. The van der Waals surface area contributed by atoms with E-state index in [1.165, 1.54) is 0 Å². The van der Waals surface area contributed by atoms with Gasteiger partial charge in [-0.3, -0.25) is 4.79 Å². The number of methoxy groups -OCH3 is 4. The third-order valence-electron chi connectivity index (χ3n) is 5.12. The molecule has 0 fully saturated rings. The third kappa shape index (κ3) is 3.00. The van der Waals surface area contributed by atoms with Gasteiger partial charge in [-0.15, -0.1) is 0 Å². The second-order valence-electron chi connectivity index (χ2n) is 6.61. The lowest BCUT2D eigenvalue weighted by atomic mass is 9.77. The van der Waals surface area contributed by atoms with Gasteiger partial charge in [0.2, 0.25) is 11.7 Å². The SMILES string of the molecule is COC[C@]1(Cc2cc(OC)c(OC)c(OC)c2)C(=O)N(C)c2ccccc21. The second kappa shape index (κ2) is 7.48. The highest BCUT2D eigenvalue weighted by atomic mass is 16.5. The molecule has 0 aliphatic carbocycles. The van der Waals surface area contributed by atoms with Crippen LogP contribution in [0.4, 0.5) is 5.69 Å². The number of amides is 1. The Bertz CT molecular complexity index is 825. The van der Waals surface area contributed by atoms with Gasteiger partial charge in [0.15, 0.2) is 11.5 Å². The third-order valence-corrected chi connectivity index (χ3v) is 5.12. The number of hydrogen-bond acceptors (Lipinski definition) is 5. The Hall–Kier alpha value is -2.73. The van der Waals surface area contributed by atoms with Crippen LogP contribution in [0.3, 0.4) is 0 Å². The van der Waals surface area contributed by atoms with E-state index in [2.05, 4.69) is 0 Å². The molecule has 0 bridgehead atoms. The zero-order valence-electron chi connectivity index (χ0n) is 16.4. The predicted molar refractivity (Wildman–Crippen MR) is 103 cm³/mol. The average Bonchev–Trinajstić information content (AvgIpc) is 2.90. The highest BCUT2D eigenvalue weighted by Gasteiger charge is 2.49. The fourth-order valence-electron chi connectivity index (χ4n) is 3.91. The first-order valence-corrected chi connectivity index (χ1v) is 8.68. The van der Waals surface area contributed by atoms with Gasteiger partial charge in [-0.05, 0) is 35.7 Å². The molecular weight excluding hydrogens is 346 g/mol. The zero-order valence-corrected chi connectivity index (χ0v) is 16.4. The second-order valence-corrected chi connectivity index (χ2v) is 6.61. The molecule has 1 aliphatic heterocycles. The number of hydrogen-bond donors (Lipinski definition) is 0. The number of fused-ring (bicyclic) bond motifs is 1. The van der Waals surface area contributed by atoms with Crippen LogP contribution < -0.4 is 19.1 Å². The van der Waals surface area contributed by atoms with E-state index in [1.54, 1.807) is 40.4 Å². The highest BCUT2D eigenvalue weighted by molar-refractivity contribution is 6.08. The first kappa shape index (κ1) is 19.0. The molecule has 0 unspecified atom stereocenters. The van der Waals surface area contributed by atoms with Gasteiger partial charge in [-0.2, -0.15) is 0 Å². The van der Waals surface area contributed by atoms with Crippen LogP contribution in [-0.4, -0.2) is 48.0 Å². The normalized spacial score (nSPS) is 18.4. The molecule has 1 atom stereocenters. The fourth-order valence-corrected chi connectivity index (χ4v) is 3.91. The Morgan fingerprint density at radius 1 is 0.963 bits per heavy atom. The van der Waals surface area contributed by atoms with Crippen LogP contribution in [0.25, 0.3) is 0 Å². The Balaban J connectivity index is 2.13. The summed E-state index contributed by atoms with van der Waals surface area (Å²) in [6.45, 7) is 0.282. The van der Waals surface area contributed by atoms with Gasteiger partial charge in [-0.25, -0.2) is 0 Å². The molecule has 144 valence electrons. The molecule has 0 aromatic heterocycles. The molecule has 1 amide bonds. The maximum atomic E-state index is 13.3. The zero-order chi connectivity index (χ0) is 19.6. The van der Waals surface area contributed by atoms with Crippen LogP contribution in [0, 0.1) is 0 Å². The molecule has 0 saturated heterocycles. The minimum atomic E-state index is -0.801. The minimum Gasteiger partial charge on any atom is -0.493 e. The minimum absolute atomic E-state index is 0.0132. The molecule has 6 nitrogen and oxygen atoms in total. The summed E-state index contributed by atoms with van der Waals surface area (Å²) in [5, 5.41) is 0. The van der Waals surface area contributed by atoms with Crippen LogP contribution in [-0.2, 0) is 21.4 Å². The lowest BCUT2D eigenvalue weighted by molar-refractivity contribution is -0.124. The molecule has 2 aromatic rings. The molecule has 0 spiro atoms. The van der Waals surface area contributed by atoms with E-state index in [9.17, 15) is 4.79 Å². The van der Waals surface area contributed by atoms with E-state index >= 15 is 0 Å². The predicted octanol–water partition coefficient (Wildman–Crippen LogP) is 2.82. The Labute approximate surface area is 159 Å². The Morgan fingerprint density at radius 3 is 2.15 bits per heavy atom. The van der Waals surface area contributed by atoms with Crippen LogP contribution in [0.1, 0.15) is 11.1 Å². The number of ether oxygens (including phenoxy) is 4. The lowest BCUT2D eigenvalue weighted by Crippen LogP contribution is -2.44. The van der Waals surface area contributed by atoms with Crippen molar-refractivity contribution in [3.63, 3.8) is 0 Å². The summed E-state index contributed by atoms with van der Waals surface area (Å²) in [5.74, 6) is 1.66. The van der Waals surface area contributed by atoms with Gasteiger partial charge in [0.05, 0.1) is 27.9 Å². The smallest absolute Gasteiger partial charge is 0.240 e. The number of anilines is 1. The molecule has 3 rings (SSSR count). The van der Waals surface area contributed by atoms with Gasteiger partial charge in [0, 0.05) is 19.8 Å². The lowest BCUT2D eigenvalue weighted by Gasteiger charge is -2.28. The summed E-state index contributed by atoms with van der Waals surface area (Å²) in [6, 6.07) is 11.6. The maximum absolute atomic E-state index is 13.3. The van der Waals surface area contributed by atoms with Crippen molar-refractivity contribution in [1.82, 2.24) is 0 Å². The molecule has 27 heavy (non-hydrogen) atoms. The summed E-state index contributed by atoms with van der Waals surface area (Å²) in [7, 11) is 8.14. The Kier molecular flexibility index (Phi) is 5.28. The fraction of sp³-hybridized carbons (Fsp3) is 0.381. The van der Waals surface area contributed by atoms with E-state index in [1.807, 2.05) is 36.4 Å². The summed E-state index contributed by atoms with van der Waals surface area (Å²) in [4.78, 5) is 15.0. The molecule has 0 saturated carbocycles. The van der Waals surface area contributed by atoms with E-state index in [0.717, 1.165) is 16.8 Å². The van der Waals surface area contributed by atoms with Gasteiger partial charge >= 0.3 is 0 Å².